The van der Waals surface area contributed by atoms with Crippen molar-refractivity contribution in [1.82, 2.24) is 9.88 Å². The number of nitrogens with one attached hydrogen (secondary N) is 2. The number of aliphatic hydroxyl groups excluding tert-OH is 1. The number of amides is 2. The fourth-order valence-corrected chi connectivity index (χ4v) is 2.82. The minimum absolute atomic E-state index is 0.00554. The lowest BCUT2D eigenvalue weighted by Crippen LogP contribution is -2.38. The second-order valence-electron chi connectivity index (χ2n) is 6.27. The Hall–Kier alpha value is -3.19. The molecule has 0 aliphatic heterocycles. The summed E-state index contributed by atoms with van der Waals surface area (Å²) in [5.74, 6) is -0.561. The lowest BCUT2D eigenvalue weighted by molar-refractivity contribution is 0.185. The fourth-order valence-electron chi connectivity index (χ4n) is 2.82. The standard InChI is InChI=1S/C20H20FN3O3/c1-13-6-7-17-14(10-13)11-15(19(26)22-17)12-24(8-9-25)20(27)23-18-5-3-2-4-16(18)21/h2-7,10-11,25H,8-9,12H2,1H3,(H,22,26)(H,23,27). The molecule has 0 unspecified atom stereocenters. The third-order valence-electron chi connectivity index (χ3n) is 4.21. The Balaban J connectivity index is 1.86. The van der Waals surface area contributed by atoms with E-state index in [0.29, 0.717) is 11.1 Å². The molecule has 1 heterocycles. The van der Waals surface area contributed by atoms with Gasteiger partial charge < -0.3 is 20.3 Å². The smallest absolute Gasteiger partial charge is 0.322 e. The molecule has 140 valence electrons. The number of aromatic amines is 1. The van der Waals surface area contributed by atoms with Gasteiger partial charge in [-0.2, -0.15) is 0 Å². The van der Waals surface area contributed by atoms with Gasteiger partial charge in [-0.3, -0.25) is 4.79 Å². The number of aromatic nitrogens is 1. The van der Waals surface area contributed by atoms with Crippen molar-refractivity contribution in [1.29, 1.82) is 0 Å². The van der Waals surface area contributed by atoms with Gasteiger partial charge in [-0.05, 0) is 42.6 Å². The van der Waals surface area contributed by atoms with Crippen LogP contribution in [0.15, 0.2) is 53.3 Å². The van der Waals surface area contributed by atoms with Crippen LogP contribution in [0.5, 0.6) is 0 Å². The van der Waals surface area contributed by atoms with Crippen molar-refractivity contribution in [2.75, 3.05) is 18.5 Å². The number of hydrogen-bond acceptors (Lipinski definition) is 3. The topological polar surface area (TPSA) is 85.4 Å². The highest BCUT2D eigenvalue weighted by molar-refractivity contribution is 5.89. The molecule has 0 atom stereocenters. The number of benzene rings is 2. The molecule has 1 aromatic heterocycles. The van der Waals surface area contributed by atoms with Crippen LogP contribution in [0, 0.1) is 12.7 Å². The quantitative estimate of drug-likeness (QED) is 0.646. The largest absolute Gasteiger partial charge is 0.395 e. The number of carbonyl (C=O) groups is 1. The van der Waals surface area contributed by atoms with Crippen LogP contribution in [0.2, 0.25) is 0 Å². The zero-order valence-corrected chi connectivity index (χ0v) is 14.8. The monoisotopic (exact) mass is 369 g/mol. The molecule has 6 nitrogen and oxygen atoms in total. The van der Waals surface area contributed by atoms with E-state index in [0.717, 1.165) is 10.9 Å². The summed E-state index contributed by atoms with van der Waals surface area (Å²) < 4.78 is 13.8. The van der Waals surface area contributed by atoms with E-state index in [1.54, 1.807) is 12.1 Å². The first-order valence-electron chi connectivity index (χ1n) is 8.52. The number of carbonyl (C=O) groups excluding carboxylic acids is 1. The summed E-state index contributed by atoms with van der Waals surface area (Å²) in [6.45, 7) is 1.66. The summed E-state index contributed by atoms with van der Waals surface area (Å²) in [6, 6.07) is 12.6. The summed E-state index contributed by atoms with van der Waals surface area (Å²) in [5.41, 5.74) is 1.86. The zero-order valence-electron chi connectivity index (χ0n) is 14.8. The predicted octanol–water partition coefficient (Wildman–Crippen LogP) is 3.00. The van der Waals surface area contributed by atoms with Crippen LogP contribution in [0.4, 0.5) is 14.9 Å². The Morgan fingerprint density at radius 1 is 1.22 bits per heavy atom. The molecule has 0 aliphatic rings. The maximum absolute atomic E-state index is 13.8. The van der Waals surface area contributed by atoms with Gasteiger partial charge in [0, 0.05) is 17.6 Å². The second-order valence-corrected chi connectivity index (χ2v) is 6.27. The van der Waals surface area contributed by atoms with Crippen molar-refractivity contribution in [2.24, 2.45) is 0 Å². The van der Waals surface area contributed by atoms with Gasteiger partial charge in [0.25, 0.3) is 5.56 Å². The Bertz CT molecular complexity index is 1030. The molecule has 0 aliphatic carbocycles. The lowest BCUT2D eigenvalue weighted by atomic mass is 10.1. The van der Waals surface area contributed by atoms with Crippen LogP contribution in [0.1, 0.15) is 11.1 Å². The van der Waals surface area contributed by atoms with Gasteiger partial charge in [0.15, 0.2) is 0 Å². The second kappa shape index (κ2) is 8.01. The molecule has 2 amide bonds. The summed E-state index contributed by atoms with van der Waals surface area (Å²) in [7, 11) is 0. The molecule has 27 heavy (non-hydrogen) atoms. The van der Waals surface area contributed by atoms with E-state index < -0.39 is 11.8 Å². The molecule has 0 saturated carbocycles. The molecular weight excluding hydrogens is 349 g/mol. The number of aryl methyl sites for hydroxylation is 1. The molecule has 0 radical (unpaired) electrons. The number of para-hydroxylation sites is 1. The third kappa shape index (κ3) is 4.32. The normalized spacial score (nSPS) is 10.8. The van der Waals surface area contributed by atoms with Crippen molar-refractivity contribution >= 4 is 22.6 Å². The van der Waals surface area contributed by atoms with Crippen LogP contribution in [-0.2, 0) is 6.54 Å². The summed E-state index contributed by atoms with van der Waals surface area (Å²) in [6.07, 6.45) is 0. The lowest BCUT2D eigenvalue weighted by Gasteiger charge is -2.22. The summed E-state index contributed by atoms with van der Waals surface area (Å²) in [4.78, 5) is 28.9. The van der Waals surface area contributed by atoms with Crippen molar-refractivity contribution in [3.8, 4) is 0 Å². The average molecular weight is 369 g/mol. The van der Waals surface area contributed by atoms with Crippen LogP contribution in [0.3, 0.4) is 0 Å². The third-order valence-corrected chi connectivity index (χ3v) is 4.21. The van der Waals surface area contributed by atoms with Crippen LogP contribution >= 0.6 is 0 Å². The number of nitrogens with zero attached hydrogens (tertiary/aromatic N) is 1. The van der Waals surface area contributed by atoms with E-state index in [1.165, 1.54) is 23.1 Å². The molecule has 3 rings (SSSR count). The molecule has 2 aromatic carbocycles. The minimum atomic E-state index is -0.599. The van der Waals surface area contributed by atoms with Crippen LogP contribution < -0.4 is 10.9 Å². The van der Waals surface area contributed by atoms with Gasteiger partial charge in [0.2, 0.25) is 0 Å². The highest BCUT2D eigenvalue weighted by Crippen LogP contribution is 2.16. The van der Waals surface area contributed by atoms with Gasteiger partial charge in [-0.25, -0.2) is 9.18 Å². The first-order valence-corrected chi connectivity index (χ1v) is 8.52. The van der Waals surface area contributed by atoms with Crippen molar-refractivity contribution in [2.45, 2.75) is 13.5 Å². The van der Waals surface area contributed by atoms with Crippen molar-refractivity contribution in [3.05, 3.63) is 75.8 Å². The van der Waals surface area contributed by atoms with Crippen molar-refractivity contribution in [3.63, 3.8) is 0 Å². The van der Waals surface area contributed by atoms with E-state index in [4.69, 9.17) is 0 Å². The molecule has 0 spiro atoms. The maximum Gasteiger partial charge on any atom is 0.322 e. The van der Waals surface area contributed by atoms with Gasteiger partial charge in [-0.15, -0.1) is 0 Å². The molecule has 7 heteroatoms. The van der Waals surface area contributed by atoms with Gasteiger partial charge in [0.1, 0.15) is 5.82 Å². The minimum Gasteiger partial charge on any atom is -0.395 e. The van der Waals surface area contributed by atoms with Gasteiger partial charge in [-0.1, -0.05) is 23.8 Å². The van der Waals surface area contributed by atoms with E-state index in [-0.39, 0.29) is 30.9 Å². The Morgan fingerprint density at radius 2 is 2.00 bits per heavy atom. The number of halogens is 1. The van der Waals surface area contributed by atoms with Gasteiger partial charge >= 0.3 is 6.03 Å². The molecule has 0 fully saturated rings. The Kier molecular flexibility index (Phi) is 5.52. The number of anilines is 1. The van der Waals surface area contributed by atoms with E-state index in [2.05, 4.69) is 10.3 Å². The molecule has 0 bridgehead atoms. The van der Waals surface area contributed by atoms with Crippen LogP contribution in [0.25, 0.3) is 10.9 Å². The number of pyridine rings is 1. The SMILES string of the molecule is Cc1ccc2[nH]c(=O)c(CN(CCO)C(=O)Nc3ccccc3F)cc2c1. The molecular formula is C20H20FN3O3. The molecule has 3 aromatic rings. The number of urea groups is 1. The number of hydrogen-bond donors (Lipinski definition) is 3. The molecule has 0 saturated heterocycles. The molecule has 3 N–H and O–H groups in total. The first kappa shape index (κ1) is 18.6. The predicted molar refractivity (Wildman–Crippen MR) is 102 cm³/mol. The zero-order chi connectivity index (χ0) is 19.4. The van der Waals surface area contributed by atoms with E-state index in [1.807, 2.05) is 25.1 Å². The number of rotatable bonds is 5. The highest BCUT2D eigenvalue weighted by Gasteiger charge is 2.17. The summed E-state index contributed by atoms with van der Waals surface area (Å²) >= 11 is 0. The number of H-pyrrole nitrogens is 1. The van der Waals surface area contributed by atoms with Gasteiger partial charge in [0.05, 0.1) is 18.8 Å². The maximum atomic E-state index is 13.8. The van der Waals surface area contributed by atoms with Crippen LogP contribution in [-0.4, -0.2) is 34.2 Å². The fraction of sp³-hybridized carbons (Fsp3) is 0.200. The van der Waals surface area contributed by atoms with E-state index >= 15 is 0 Å². The van der Waals surface area contributed by atoms with E-state index in [9.17, 15) is 19.1 Å². The summed E-state index contributed by atoms with van der Waals surface area (Å²) in [5, 5.41) is 12.6. The highest BCUT2D eigenvalue weighted by atomic mass is 19.1. The number of fused-ring (bicyclic) bond motifs is 1. The van der Waals surface area contributed by atoms with Crippen molar-refractivity contribution < 1.29 is 14.3 Å². The average Bonchev–Trinajstić information content (AvgIpc) is 2.64. The number of aliphatic hydroxyl groups is 1. The first-order chi connectivity index (χ1) is 13.0. The Morgan fingerprint density at radius 3 is 2.74 bits per heavy atom. The Labute approximate surface area is 155 Å².